The largest absolute Gasteiger partial charge is 0.490 e. The summed E-state index contributed by atoms with van der Waals surface area (Å²) in [7, 11) is 0. The highest BCUT2D eigenvalue weighted by atomic mass is 16.5. The summed E-state index contributed by atoms with van der Waals surface area (Å²) in [6.45, 7) is 6.93. The Kier molecular flexibility index (Phi) is 8.73. The third-order valence-corrected chi connectivity index (χ3v) is 4.00. The van der Waals surface area contributed by atoms with Gasteiger partial charge in [0.2, 0.25) is 5.91 Å². The summed E-state index contributed by atoms with van der Waals surface area (Å²) in [4.78, 5) is 16.0. The predicted molar refractivity (Wildman–Crippen MR) is 116 cm³/mol. The molecular formula is C24H28N2O2. The zero-order chi connectivity index (χ0) is 20.2. The maximum absolute atomic E-state index is 11.9. The fourth-order valence-corrected chi connectivity index (χ4v) is 2.42. The Labute approximate surface area is 167 Å². The zero-order valence-electron chi connectivity index (χ0n) is 16.8. The molecule has 0 saturated carbocycles. The van der Waals surface area contributed by atoms with Crippen molar-refractivity contribution in [3.8, 4) is 5.75 Å². The van der Waals surface area contributed by atoms with E-state index in [1.54, 1.807) is 24.4 Å². The van der Waals surface area contributed by atoms with Crippen molar-refractivity contribution in [2.75, 3.05) is 11.9 Å². The second kappa shape index (κ2) is 11.5. The van der Waals surface area contributed by atoms with Gasteiger partial charge in [0.15, 0.2) is 0 Å². The number of nitrogens with zero attached hydrogens (tertiary/aromatic N) is 1. The van der Waals surface area contributed by atoms with E-state index in [4.69, 9.17) is 4.74 Å². The van der Waals surface area contributed by atoms with Crippen molar-refractivity contribution in [1.29, 1.82) is 0 Å². The van der Waals surface area contributed by atoms with Crippen LogP contribution in [0.1, 0.15) is 39.2 Å². The quantitative estimate of drug-likeness (QED) is 0.444. The summed E-state index contributed by atoms with van der Waals surface area (Å²) >= 11 is 0. The molecule has 2 aromatic rings. The zero-order valence-corrected chi connectivity index (χ0v) is 16.8. The van der Waals surface area contributed by atoms with E-state index < -0.39 is 0 Å². The first kappa shape index (κ1) is 21.2. The lowest BCUT2D eigenvalue weighted by Gasteiger charge is -2.05. The molecule has 1 N–H and O–H groups in total. The van der Waals surface area contributed by atoms with Crippen LogP contribution in [-0.2, 0) is 4.79 Å². The van der Waals surface area contributed by atoms with Crippen molar-refractivity contribution < 1.29 is 9.53 Å². The minimum absolute atomic E-state index is 0.215. The van der Waals surface area contributed by atoms with Crippen molar-refractivity contribution in [3.63, 3.8) is 0 Å². The number of nitrogens with one attached hydrogen (secondary N) is 1. The number of carbonyl (C=O) groups is 1. The highest BCUT2D eigenvalue weighted by Gasteiger charge is 1.98. The van der Waals surface area contributed by atoms with Crippen LogP contribution in [0.3, 0.4) is 0 Å². The van der Waals surface area contributed by atoms with Gasteiger partial charge in [0.1, 0.15) is 18.2 Å². The lowest BCUT2D eigenvalue weighted by atomic mass is 10.1. The van der Waals surface area contributed by atoms with Gasteiger partial charge in [-0.05, 0) is 75.6 Å². The first-order chi connectivity index (χ1) is 13.5. The Morgan fingerprint density at radius 2 is 1.86 bits per heavy atom. The van der Waals surface area contributed by atoms with E-state index in [1.165, 1.54) is 17.2 Å². The summed E-state index contributed by atoms with van der Waals surface area (Å²) in [5.41, 5.74) is 3.61. The molecule has 1 amide bonds. The Morgan fingerprint density at radius 1 is 1.07 bits per heavy atom. The van der Waals surface area contributed by atoms with Crippen LogP contribution in [0.4, 0.5) is 5.82 Å². The van der Waals surface area contributed by atoms with Crippen molar-refractivity contribution in [2.24, 2.45) is 0 Å². The summed E-state index contributed by atoms with van der Waals surface area (Å²) < 4.78 is 5.76. The van der Waals surface area contributed by atoms with Crippen molar-refractivity contribution in [3.05, 3.63) is 83.6 Å². The van der Waals surface area contributed by atoms with Crippen LogP contribution in [-0.4, -0.2) is 17.5 Å². The molecule has 146 valence electrons. The molecule has 4 nitrogen and oxygen atoms in total. The van der Waals surface area contributed by atoms with E-state index in [2.05, 4.69) is 43.2 Å². The molecule has 0 saturated heterocycles. The Hall–Kier alpha value is -3.14. The molecular weight excluding hydrogens is 348 g/mol. The molecule has 0 aliphatic carbocycles. The minimum Gasteiger partial charge on any atom is -0.490 e. The SMILES string of the molecule is CC(C)=CCC/C(C)=C/COc1ccc(/C=C/C(=O)Nc2ccccn2)cc1. The third-order valence-electron chi connectivity index (χ3n) is 4.00. The summed E-state index contributed by atoms with van der Waals surface area (Å²) in [6.07, 6.45) is 11.4. The molecule has 0 radical (unpaired) electrons. The average molecular weight is 377 g/mol. The van der Waals surface area contributed by atoms with Crippen molar-refractivity contribution in [2.45, 2.75) is 33.6 Å². The molecule has 2 rings (SSSR count). The number of amides is 1. The molecule has 0 fully saturated rings. The van der Waals surface area contributed by atoms with Crippen molar-refractivity contribution in [1.82, 2.24) is 4.98 Å². The molecule has 0 spiro atoms. The molecule has 0 aliphatic heterocycles. The number of aromatic nitrogens is 1. The number of benzene rings is 1. The van der Waals surface area contributed by atoms with Crippen LogP contribution < -0.4 is 10.1 Å². The second-order valence-corrected chi connectivity index (χ2v) is 6.79. The summed E-state index contributed by atoms with van der Waals surface area (Å²) in [6, 6.07) is 13.0. The van der Waals surface area contributed by atoms with Crippen LogP contribution in [0.25, 0.3) is 6.08 Å². The number of rotatable bonds is 9. The minimum atomic E-state index is -0.215. The van der Waals surface area contributed by atoms with Gasteiger partial charge in [-0.3, -0.25) is 4.79 Å². The maximum atomic E-state index is 11.9. The van der Waals surface area contributed by atoms with E-state index in [1.807, 2.05) is 30.3 Å². The lowest BCUT2D eigenvalue weighted by molar-refractivity contribution is -0.111. The van der Waals surface area contributed by atoms with Gasteiger partial charge in [0.25, 0.3) is 0 Å². The highest BCUT2D eigenvalue weighted by Crippen LogP contribution is 2.14. The molecule has 0 unspecified atom stereocenters. The number of carbonyl (C=O) groups excluding carboxylic acids is 1. The van der Waals surface area contributed by atoms with Crippen LogP contribution in [0.15, 0.2) is 78.0 Å². The lowest BCUT2D eigenvalue weighted by Crippen LogP contribution is -2.08. The summed E-state index contributed by atoms with van der Waals surface area (Å²) in [5.74, 6) is 1.13. The average Bonchev–Trinajstić information content (AvgIpc) is 2.68. The number of anilines is 1. The summed E-state index contributed by atoms with van der Waals surface area (Å²) in [5, 5.41) is 2.71. The molecule has 28 heavy (non-hydrogen) atoms. The Bertz CT molecular complexity index is 831. The normalized spacial score (nSPS) is 11.3. The van der Waals surface area contributed by atoms with Crippen molar-refractivity contribution >= 4 is 17.8 Å². The second-order valence-electron chi connectivity index (χ2n) is 6.79. The topological polar surface area (TPSA) is 51.2 Å². The number of hydrogen-bond acceptors (Lipinski definition) is 3. The predicted octanol–water partition coefficient (Wildman–Crippen LogP) is 5.81. The van der Waals surface area contributed by atoms with Gasteiger partial charge >= 0.3 is 0 Å². The van der Waals surface area contributed by atoms with Gasteiger partial charge in [0, 0.05) is 12.3 Å². The first-order valence-corrected chi connectivity index (χ1v) is 9.45. The number of ether oxygens (including phenoxy) is 1. The molecule has 1 heterocycles. The van der Waals surface area contributed by atoms with Crippen LogP contribution in [0.2, 0.25) is 0 Å². The van der Waals surface area contributed by atoms with Gasteiger partial charge in [-0.1, -0.05) is 35.4 Å². The van der Waals surface area contributed by atoms with Gasteiger partial charge in [-0.15, -0.1) is 0 Å². The number of allylic oxidation sites excluding steroid dienone is 3. The van der Waals surface area contributed by atoms with Gasteiger partial charge in [-0.25, -0.2) is 4.98 Å². The fourth-order valence-electron chi connectivity index (χ4n) is 2.42. The number of pyridine rings is 1. The highest BCUT2D eigenvalue weighted by molar-refractivity contribution is 6.01. The van der Waals surface area contributed by atoms with Gasteiger partial charge in [0.05, 0.1) is 0 Å². The maximum Gasteiger partial charge on any atom is 0.249 e. The van der Waals surface area contributed by atoms with Crippen LogP contribution in [0, 0.1) is 0 Å². The molecule has 0 atom stereocenters. The first-order valence-electron chi connectivity index (χ1n) is 9.45. The van der Waals surface area contributed by atoms with E-state index in [9.17, 15) is 4.79 Å². The van der Waals surface area contributed by atoms with Gasteiger partial charge < -0.3 is 10.1 Å². The van der Waals surface area contributed by atoms with Gasteiger partial charge in [-0.2, -0.15) is 0 Å². The van der Waals surface area contributed by atoms with E-state index >= 15 is 0 Å². The van der Waals surface area contributed by atoms with E-state index in [-0.39, 0.29) is 5.91 Å². The molecule has 0 aliphatic rings. The fraction of sp³-hybridized carbons (Fsp3) is 0.250. The van der Waals surface area contributed by atoms with E-state index in [0.29, 0.717) is 12.4 Å². The third kappa shape index (κ3) is 8.49. The Morgan fingerprint density at radius 3 is 2.54 bits per heavy atom. The van der Waals surface area contributed by atoms with Crippen LogP contribution in [0.5, 0.6) is 5.75 Å². The molecule has 1 aromatic heterocycles. The number of hydrogen-bond donors (Lipinski definition) is 1. The smallest absolute Gasteiger partial charge is 0.249 e. The Balaban J connectivity index is 1.78. The van der Waals surface area contributed by atoms with Crippen LogP contribution >= 0.6 is 0 Å². The monoisotopic (exact) mass is 376 g/mol. The standard InChI is InChI=1S/C24H28N2O2/c1-19(2)7-6-8-20(3)16-18-28-22-13-10-21(11-14-22)12-15-24(27)26-23-9-4-5-17-25-23/h4-5,7,9-17H,6,8,18H2,1-3H3,(H,25,26,27)/b15-12+,20-16+. The molecule has 4 heteroatoms. The van der Waals surface area contributed by atoms with E-state index in [0.717, 1.165) is 24.2 Å². The molecule has 1 aromatic carbocycles. The molecule has 0 bridgehead atoms.